The average molecular weight is 910 g/mol. The van der Waals surface area contributed by atoms with Gasteiger partial charge in [-0.15, -0.1) is 0 Å². The lowest BCUT2D eigenvalue weighted by Gasteiger charge is -2.39. The molecule has 1 aliphatic carbocycles. The molecule has 4 N–H and O–H groups in total. The SMILES string of the molecule is COc1cc2nc(C)nc(N[C@H](C)c3cc(N)cc(C(F)(F)F)c3)c2cc1C1CCC(C(=O)N2CCN(CCC3CCN(c4ccc5c(c4)CN(C4CCC(=O)NC4=O)C5)CC3)CC2)CC1. The highest BCUT2D eigenvalue weighted by Crippen LogP contribution is 2.43. The molecule has 9 rings (SSSR count). The number of benzene rings is 3. The number of carbonyl (C=O) groups is 3. The Balaban J connectivity index is 0.735. The summed E-state index contributed by atoms with van der Waals surface area (Å²) in [5.41, 5.74) is 11.0. The minimum atomic E-state index is -4.52. The molecule has 66 heavy (non-hydrogen) atoms. The van der Waals surface area contributed by atoms with Crippen molar-refractivity contribution in [2.75, 3.05) is 68.9 Å². The van der Waals surface area contributed by atoms with E-state index in [2.05, 4.69) is 58.4 Å². The molecule has 16 heteroatoms. The molecule has 3 saturated heterocycles. The summed E-state index contributed by atoms with van der Waals surface area (Å²) in [5.74, 6) is 2.52. The lowest BCUT2D eigenvalue weighted by Crippen LogP contribution is -2.51. The zero-order valence-electron chi connectivity index (χ0n) is 38.3. The van der Waals surface area contributed by atoms with Crippen molar-refractivity contribution in [1.29, 1.82) is 0 Å². The second-order valence-electron chi connectivity index (χ2n) is 19.2. The van der Waals surface area contributed by atoms with Crippen LogP contribution < -0.4 is 26.0 Å². The van der Waals surface area contributed by atoms with Crippen molar-refractivity contribution < 1.29 is 32.3 Å². The Morgan fingerprint density at radius 2 is 1.65 bits per heavy atom. The molecule has 0 radical (unpaired) electrons. The number of nitrogens with one attached hydrogen (secondary N) is 2. The van der Waals surface area contributed by atoms with Gasteiger partial charge in [0, 0.05) is 87.5 Å². The molecule has 5 heterocycles. The lowest BCUT2D eigenvalue weighted by molar-refractivity contribution is -0.139. The number of halogens is 3. The Morgan fingerprint density at radius 3 is 2.36 bits per heavy atom. The van der Waals surface area contributed by atoms with Crippen LogP contribution in [-0.2, 0) is 33.6 Å². The number of anilines is 3. The molecule has 2 atom stereocenters. The second kappa shape index (κ2) is 19.0. The first-order valence-electron chi connectivity index (χ1n) is 23.7. The summed E-state index contributed by atoms with van der Waals surface area (Å²) in [5, 5.41) is 6.59. The molecule has 4 aliphatic heterocycles. The van der Waals surface area contributed by atoms with Gasteiger partial charge in [-0.1, -0.05) is 6.07 Å². The number of carbonyl (C=O) groups excluding carboxylic acids is 3. The fourth-order valence-electron chi connectivity index (χ4n) is 11.1. The fourth-order valence-corrected chi connectivity index (χ4v) is 11.1. The van der Waals surface area contributed by atoms with E-state index < -0.39 is 17.8 Å². The number of ether oxygens (including phenoxy) is 1. The molecular formula is C50H62F3N9O4. The third-order valence-electron chi connectivity index (χ3n) is 14.9. The minimum absolute atomic E-state index is 0.0108. The van der Waals surface area contributed by atoms with Crippen LogP contribution in [0.1, 0.15) is 110 Å². The van der Waals surface area contributed by atoms with Crippen LogP contribution in [0, 0.1) is 18.8 Å². The third kappa shape index (κ3) is 9.95. The van der Waals surface area contributed by atoms with Crippen molar-refractivity contribution in [3.8, 4) is 5.75 Å². The number of methoxy groups -OCH3 is 1. The number of nitrogens with two attached hydrogens (primary N) is 1. The minimum Gasteiger partial charge on any atom is -0.496 e. The first-order valence-corrected chi connectivity index (χ1v) is 23.7. The number of rotatable bonds is 11. The maximum Gasteiger partial charge on any atom is 0.416 e. The van der Waals surface area contributed by atoms with E-state index >= 15 is 0 Å². The van der Waals surface area contributed by atoms with E-state index in [-0.39, 0.29) is 41.3 Å². The van der Waals surface area contributed by atoms with Crippen molar-refractivity contribution in [2.24, 2.45) is 11.8 Å². The third-order valence-corrected chi connectivity index (χ3v) is 14.9. The molecule has 1 saturated carbocycles. The summed E-state index contributed by atoms with van der Waals surface area (Å²) in [6.45, 7) is 11.5. The molecule has 4 fully saturated rings. The highest BCUT2D eigenvalue weighted by molar-refractivity contribution is 6.00. The van der Waals surface area contributed by atoms with Crippen molar-refractivity contribution in [1.82, 2.24) is 30.0 Å². The molecule has 0 spiro atoms. The van der Waals surface area contributed by atoms with Crippen LogP contribution in [0.3, 0.4) is 0 Å². The van der Waals surface area contributed by atoms with E-state index in [1.165, 1.54) is 23.2 Å². The number of aryl methyl sites for hydroxylation is 1. The molecule has 13 nitrogen and oxygen atoms in total. The molecule has 1 aromatic heterocycles. The molecule has 0 bridgehead atoms. The van der Waals surface area contributed by atoms with Gasteiger partial charge in [-0.25, -0.2) is 9.97 Å². The smallest absolute Gasteiger partial charge is 0.416 e. The van der Waals surface area contributed by atoms with Crippen LogP contribution in [0.5, 0.6) is 5.75 Å². The van der Waals surface area contributed by atoms with Crippen LogP contribution in [0.25, 0.3) is 10.9 Å². The van der Waals surface area contributed by atoms with Gasteiger partial charge in [0.15, 0.2) is 0 Å². The van der Waals surface area contributed by atoms with E-state index in [9.17, 15) is 27.6 Å². The normalized spacial score (nSPS) is 22.9. The Hall–Kier alpha value is -5.48. The Labute approximate surface area is 384 Å². The molecule has 3 aromatic carbocycles. The molecular weight excluding hydrogens is 848 g/mol. The van der Waals surface area contributed by atoms with E-state index in [1.807, 2.05) is 12.1 Å². The largest absolute Gasteiger partial charge is 0.496 e. The monoisotopic (exact) mass is 909 g/mol. The van der Waals surface area contributed by atoms with Gasteiger partial charge < -0.3 is 25.6 Å². The van der Waals surface area contributed by atoms with Crippen molar-refractivity contribution >= 4 is 45.8 Å². The maximum atomic E-state index is 13.9. The van der Waals surface area contributed by atoms with Gasteiger partial charge in [0.25, 0.3) is 0 Å². The van der Waals surface area contributed by atoms with Gasteiger partial charge in [-0.05, 0) is 142 Å². The molecule has 5 aliphatic rings. The number of hydrogen-bond acceptors (Lipinski definition) is 11. The number of nitrogen functional groups attached to an aromatic ring is 1. The van der Waals surface area contributed by atoms with E-state index in [4.69, 9.17) is 10.5 Å². The van der Waals surface area contributed by atoms with Gasteiger partial charge in [0.2, 0.25) is 17.7 Å². The highest BCUT2D eigenvalue weighted by Gasteiger charge is 2.37. The quantitative estimate of drug-likeness (QED) is 0.101. The lowest BCUT2D eigenvalue weighted by atomic mass is 9.77. The van der Waals surface area contributed by atoms with Gasteiger partial charge in [0.05, 0.1) is 30.3 Å². The average Bonchev–Trinajstić information content (AvgIpc) is 3.73. The van der Waals surface area contributed by atoms with Gasteiger partial charge in [0.1, 0.15) is 17.4 Å². The summed E-state index contributed by atoms with van der Waals surface area (Å²) < 4.78 is 46.7. The predicted molar refractivity (Wildman–Crippen MR) is 248 cm³/mol. The maximum absolute atomic E-state index is 13.9. The van der Waals surface area contributed by atoms with Crippen LogP contribution in [-0.4, -0.2) is 101 Å². The van der Waals surface area contributed by atoms with Gasteiger partial charge in [-0.3, -0.25) is 29.5 Å². The van der Waals surface area contributed by atoms with Gasteiger partial charge >= 0.3 is 6.18 Å². The number of piperidine rings is 2. The second-order valence-corrected chi connectivity index (χ2v) is 19.2. The zero-order chi connectivity index (χ0) is 46.3. The number of aromatic nitrogens is 2. The molecule has 3 amide bonds. The summed E-state index contributed by atoms with van der Waals surface area (Å²) >= 11 is 0. The number of amides is 3. The number of hydrogen-bond donors (Lipinski definition) is 3. The topological polar surface area (TPSA) is 149 Å². The van der Waals surface area contributed by atoms with E-state index in [0.717, 1.165) is 126 Å². The number of alkyl halides is 3. The summed E-state index contributed by atoms with van der Waals surface area (Å²) in [7, 11) is 1.65. The number of fused-ring (bicyclic) bond motifs is 2. The number of imide groups is 1. The molecule has 1 unspecified atom stereocenters. The zero-order valence-corrected chi connectivity index (χ0v) is 38.3. The van der Waals surface area contributed by atoms with E-state index in [1.54, 1.807) is 27.0 Å². The van der Waals surface area contributed by atoms with Crippen LogP contribution >= 0.6 is 0 Å². The number of nitrogens with zero attached hydrogens (tertiary/aromatic N) is 6. The summed E-state index contributed by atoms with van der Waals surface area (Å²) in [4.78, 5) is 56.7. The Kier molecular flexibility index (Phi) is 13.2. The Morgan fingerprint density at radius 1 is 0.909 bits per heavy atom. The first-order chi connectivity index (χ1) is 31.7. The van der Waals surface area contributed by atoms with Crippen LogP contribution in [0.2, 0.25) is 0 Å². The van der Waals surface area contributed by atoms with Crippen molar-refractivity contribution in [3.05, 3.63) is 82.2 Å². The van der Waals surface area contributed by atoms with Crippen molar-refractivity contribution in [3.63, 3.8) is 0 Å². The van der Waals surface area contributed by atoms with Crippen LogP contribution in [0.15, 0.2) is 48.5 Å². The molecule has 4 aromatic rings. The predicted octanol–water partition coefficient (Wildman–Crippen LogP) is 7.57. The first kappa shape index (κ1) is 45.7. The van der Waals surface area contributed by atoms with Crippen molar-refractivity contribution in [2.45, 2.75) is 109 Å². The summed E-state index contributed by atoms with van der Waals surface area (Å²) in [6, 6.07) is 13.5. The molecule has 352 valence electrons. The van der Waals surface area contributed by atoms with E-state index in [0.29, 0.717) is 41.5 Å². The van der Waals surface area contributed by atoms with Crippen LogP contribution in [0.4, 0.5) is 30.4 Å². The fraction of sp³-hybridized carbons (Fsp3) is 0.540. The number of piperazine rings is 1. The summed E-state index contributed by atoms with van der Waals surface area (Å²) in [6.07, 6.45) is 3.21. The van der Waals surface area contributed by atoms with Gasteiger partial charge in [-0.2, -0.15) is 13.2 Å². The highest BCUT2D eigenvalue weighted by atomic mass is 19.4. The Bertz CT molecular complexity index is 2460. The standard InChI is InChI=1S/C50H62F3N9O4/c1-30(36-22-38(50(51,52)53)25-39(54)23-36)55-47-42-26-41(45(66-3)27-43(42)56-31(2)57-47)33-4-6-34(7-5-33)49(65)61-20-18-59(19-21-61)15-12-32-13-16-60(17-14-32)40-9-8-35-28-62(29-37(35)24-40)44-10-11-46(63)58-48(44)64/h8-9,22-27,30,32-34,44H,4-7,10-21,28-29,54H2,1-3H3,(H,55,56,57)(H,58,63,64)/t30-,33?,34?,44?/m1/s1.